The number of nitrogens with zero attached hydrogens (tertiary/aromatic N) is 1. The lowest BCUT2D eigenvalue weighted by Crippen LogP contribution is -2.38. The molecule has 4 heteroatoms. The van der Waals surface area contributed by atoms with Crippen LogP contribution < -0.4 is 15.0 Å². The molecule has 1 aliphatic heterocycles. The van der Waals surface area contributed by atoms with Crippen LogP contribution in [0.3, 0.4) is 0 Å². The molecule has 166 valence electrons. The van der Waals surface area contributed by atoms with Gasteiger partial charge in [-0.1, -0.05) is 31.2 Å². The Morgan fingerprint density at radius 3 is 2.48 bits per heavy atom. The molecule has 1 aliphatic carbocycles. The minimum atomic E-state index is -0.523. The molecule has 2 aromatic rings. The topological polar surface area (TPSA) is 41.6 Å². The molecule has 0 unspecified atom stereocenters. The Morgan fingerprint density at radius 1 is 1.03 bits per heavy atom. The van der Waals surface area contributed by atoms with Gasteiger partial charge >= 0.3 is 0 Å². The van der Waals surface area contributed by atoms with E-state index in [1.165, 1.54) is 42.5 Å². The summed E-state index contributed by atoms with van der Waals surface area (Å²) in [6.45, 7) is 8.47. The molecule has 0 radical (unpaired) electrons. The second-order valence-corrected chi connectivity index (χ2v) is 9.35. The Labute approximate surface area is 187 Å². The number of hydrogen-bond acceptors (Lipinski definition) is 3. The molecule has 1 N–H and O–H groups in total. The second kappa shape index (κ2) is 9.76. The fraction of sp³-hybridized carbons (Fsp3) is 0.519. The Morgan fingerprint density at radius 2 is 1.74 bits per heavy atom. The van der Waals surface area contributed by atoms with Crippen molar-refractivity contribution < 1.29 is 9.53 Å². The normalized spacial score (nSPS) is 18.7. The maximum absolute atomic E-state index is 12.8. The number of aryl methyl sites for hydroxylation is 1. The molecule has 31 heavy (non-hydrogen) atoms. The Kier molecular flexibility index (Phi) is 6.84. The minimum Gasteiger partial charge on any atom is -0.481 e. The van der Waals surface area contributed by atoms with Gasteiger partial charge in [-0.3, -0.25) is 4.79 Å². The van der Waals surface area contributed by atoms with Crippen molar-refractivity contribution >= 4 is 11.6 Å². The molecular weight excluding hydrogens is 384 g/mol. The predicted molar refractivity (Wildman–Crippen MR) is 127 cm³/mol. The van der Waals surface area contributed by atoms with Gasteiger partial charge in [0.2, 0.25) is 0 Å². The van der Waals surface area contributed by atoms with E-state index >= 15 is 0 Å². The first kappa shape index (κ1) is 21.7. The average Bonchev–Trinajstić information content (AvgIpc) is 2.80. The summed E-state index contributed by atoms with van der Waals surface area (Å²) in [6.07, 6.45) is 6.57. The molecule has 2 aromatic carbocycles. The van der Waals surface area contributed by atoms with E-state index in [9.17, 15) is 4.79 Å². The van der Waals surface area contributed by atoms with Gasteiger partial charge in [0.1, 0.15) is 5.75 Å². The number of carbonyl (C=O) groups excluding carboxylic acids is 1. The van der Waals surface area contributed by atoms with E-state index in [4.69, 9.17) is 4.74 Å². The summed E-state index contributed by atoms with van der Waals surface area (Å²) in [4.78, 5) is 15.3. The van der Waals surface area contributed by atoms with Crippen LogP contribution in [0.1, 0.15) is 69.2 Å². The zero-order valence-corrected chi connectivity index (χ0v) is 19.2. The molecule has 2 atom stereocenters. The third-order valence-corrected chi connectivity index (χ3v) is 6.93. The number of fused-ring (bicyclic) bond motifs is 1. The van der Waals surface area contributed by atoms with Crippen molar-refractivity contribution in [3.05, 3.63) is 59.2 Å². The molecule has 2 aliphatic rings. The summed E-state index contributed by atoms with van der Waals surface area (Å²) in [5.74, 6) is 1.62. The molecule has 0 aromatic heterocycles. The van der Waals surface area contributed by atoms with Gasteiger partial charge in [0.25, 0.3) is 5.91 Å². The highest BCUT2D eigenvalue weighted by atomic mass is 16.5. The summed E-state index contributed by atoms with van der Waals surface area (Å²) >= 11 is 0. The van der Waals surface area contributed by atoms with E-state index in [2.05, 4.69) is 47.5 Å². The molecule has 1 amide bonds. The molecule has 0 saturated carbocycles. The van der Waals surface area contributed by atoms with Crippen LogP contribution in [0.5, 0.6) is 5.75 Å². The van der Waals surface area contributed by atoms with E-state index in [1.54, 1.807) is 0 Å². The van der Waals surface area contributed by atoms with Crippen LogP contribution in [-0.2, 0) is 17.6 Å². The van der Waals surface area contributed by atoms with Crippen LogP contribution >= 0.6 is 0 Å². The maximum atomic E-state index is 12.8. The smallest absolute Gasteiger partial charge is 0.261 e. The SMILES string of the molecule is CC1CCN(c2ccc([C@H](C)NC(=O)[C@@H](C)Oc3cccc4c3CCCC4)cc2)CC1. The van der Waals surface area contributed by atoms with Crippen molar-refractivity contribution in [2.24, 2.45) is 5.92 Å². The standard InChI is InChI=1S/C27H36N2O2/c1-19-15-17-29(18-16-19)24-13-11-22(12-14-24)20(2)28-27(30)21(3)31-26-10-6-8-23-7-4-5-9-25(23)26/h6,8,10-14,19-21H,4-5,7,9,15-18H2,1-3H3,(H,28,30)/t20-,21+/m0/s1. The Bertz CT molecular complexity index is 885. The van der Waals surface area contributed by atoms with Gasteiger partial charge in [-0.25, -0.2) is 0 Å². The quantitative estimate of drug-likeness (QED) is 0.676. The third kappa shape index (κ3) is 5.23. The third-order valence-electron chi connectivity index (χ3n) is 6.93. The van der Waals surface area contributed by atoms with Crippen molar-refractivity contribution in [1.82, 2.24) is 5.32 Å². The summed E-state index contributed by atoms with van der Waals surface area (Å²) in [7, 11) is 0. The van der Waals surface area contributed by atoms with Crippen molar-refractivity contribution in [2.45, 2.75) is 71.4 Å². The first-order valence-electron chi connectivity index (χ1n) is 11.9. The fourth-order valence-electron chi connectivity index (χ4n) is 4.76. The number of benzene rings is 2. The highest BCUT2D eigenvalue weighted by Gasteiger charge is 2.21. The monoisotopic (exact) mass is 420 g/mol. The van der Waals surface area contributed by atoms with E-state index in [1.807, 2.05) is 26.0 Å². The second-order valence-electron chi connectivity index (χ2n) is 9.35. The van der Waals surface area contributed by atoms with Gasteiger partial charge in [0.15, 0.2) is 6.10 Å². The van der Waals surface area contributed by atoms with E-state index in [0.29, 0.717) is 0 Å². The number of piperidine rings is 1. The van der Waals surface area contributed by atoms with Crippen molar-refractivity contribution in [3.8, 4) is 5.75 Å². The first-order valence-corrected chi connectivity index (χ1v) is 11.9. The largest absolute Gasteiger partial charge is 0.481 e. The van der Waals surface area contributed by atoms with E-state index in [0.717, 1.165) is 43.2 Å². The number of carbonyl (C=O) groups is 1. The van der Waals surface area contributed by atoms with Crippen molar-refractivity contribution in [2.75, 3.05) is 18.0 Å². The van der Waals surface area contributed by atoms with Crippen LogP contribution in [0.15, 0.2) is 42.5 Å². The average molecular weight is 421 g/mol. The van der Waals surface area contributed by atoms with Gasteiger partial charge in [-0.15, -0.1) is 0 Å². The summed E-state index contributed by atoms with van der Waals surface area (Å²) in [5.41, 5.74) is 5.05. The lowest BCUT2D eigenvalue weighted by molar-refractivity contribution is -0.127. The maximum Gasteiger partial charge on any atom is 0.261 e. The molecule has 4 nitrogen and oxygen atoms in total. The Hall–Kier alpha value is -2.49. The minimum absolute atomic E-state index is 0.0568. The predicted octanol–water partition coefficient (Wildman–Crippen LogP) is 5.45. The van der Waals surface area contributed by atoms with Gasteiger partial charge in [0.05, 0.1) is 6.04 Å². The summed E-state index contributed by atoms with van der Waals surface area (Å²) < 4.78 is 6.10. The zero-order valence-electron chi connectivity index (χ0n) is 19.2. The fourth-order valence-corrected chi connectivity index (χ4v) is 4.76. The van der Waals surface area contributed by atoms with Crippen LogP contribution in [0.4, 0.5) is 5.69 Å². The van der Waals surface area contributed by atoms with Gasteiger partial charge < -0.3 is 15.0 Å². The molecule has 4 rings (SSSR count). The van der Waals surface area contributed by atoms with Crippen molar-refractivity contribution in [1.29, 1.82) is 0 Å². The highest BCUT2D eigenvalue weighted by molar-refractivity contribution is 5.81. The lowest BCUT2D eigenvalue weighted by Gasteiger charge is -2.32. The number of amides is 1. The van der Waals surface area contributed by atoms with Crippen LogP contribution in [0.2, 0.25) is 0 Å². The van der Waals surface area contributed by atoms with Crippen LogP contribution in [0.25, 0.3) is 0 Å². The summed E-state index contributed by atoms with van der Waals surface area (Å²) in [6, 6.07) is 14.8. The number of rotatable bonds is 6. The first-order chi connectivity index (χ1) is 15.0. The number of nitrogens with one attached hydrogen (secondary N) is 1. The van der Waals surface area contributed by atoms with E-state index in [-0.39, 0.29) is 11.9 Å². The van der Waals surface area contributed by atoms with Crippen LogP contribution in [-0.4, -0.2) is 25.1 Å². The zero-order chi connectivity index (χ0) is 21.8. The highest BCUT2D eigenvalue weighted by Crippen LogP contribution is 2.30. The van der Waals surface area contributed by atoms with Gasteiger partial charge in [-0.2, -0.15) is 0 Å². The molecule has 0 spiro atoms. The summed E-state index contributed by atoms with van der Waals surface area (Å²) in [5, 5.41) is 3.12. The van der Waals surface area contributed by atoms with Gasteiger partial charge in [0, 0.05) is 18.8 Å². The number of hydrogen-bond donors (Lipinski definition) is 1. The molecule has 1 saturated heterocycles. The van der Waals surface area contributed by atoms with Gasteiger partial charge in [-0.05, 0) is 93.2 Å². The number of anilines is 1. The molecular formula is C27H36N2O2. The Balaban J connectivity index is 1.34. The van der Waals surface area contributed by atoms with Crippen LogP contribution in [0, 0.1) is 5.92 Å². The van der Waals surface area contributed by atoms with E-state index < -0.39 is 6.10 Å². The molecule has 1 fully saturated rings. The lowest BCUT2D eigenvalue weighted by atomic mass is 9.91. The molecule has 1 heterocycles. The number of ether oxygens (including phenoxy) is 1. The van der Waals surface area contributed by atoms with Crippen molar-refractivity contribution in [3.63, 3.8) is 0 Å². The molecule has 0 bridgehead atoms.